The van der Waals surface area contributed by atoms with Gasteiger partial charge in [-0.2, -0.15) is 0 Å². The first-order chi connectivity index (χ1) is 20.9. The van der Waals surface area contributed by atoms with Crippen LogP contribution in [0.25, 0.3) is 0 Å². The monoisotopic (exact) mass is 645 g/mol. The molecule has 0 heterocycles. The topological polar surface area (TPSA) is 0 Å². The van der Waals surface area contributed by atoms with E-state index in [4.69, 9.17) is 0 Å². The molecule has 0 saturated heterocycles. The van der Waals surface area contributed by atoms with Crippen molar-refractivity contribution in [2.45, 2.75) is 227 Å². The highest BCUT2D eigenvalue weighted by Crippen LogP contribution is 2.39. The summed E-state index contributed by atoms with van der Waals surface area (Å²) >= 11 is 0. The van der Waals surface area contributed by atoms with Crippen molar-refractivity contribution in [1.29, 1.82) is 0 Å². The van der Waals surface area contributed by atoms with Crippen molar-refractivity contribution in [2.75, 3.05) is 0 Å². The molecule has 44 heavy (non-hydrogen) atoms. The van der Waals surface area contributed by atoms with Gasteiger partial charge in [0.15, 0.2) is 0 Å². The summed E-state index contributed by atoms with van der Waals surface area (Å²) in [6.45, 7) is 42.1. The zero-order valence-electron chi connectivity index (χ0n) is 35.3. The highest BCUT2D eigenvalue weighted by molar-refractivity contribution is 7.17. The second-order valence-corrected chi connectivity index (χ2v) is 15.1. The summed E-state index contributed by atoms with van der Waals surface area (Å²) in [4.78, 5) is 0. The minimum Gasteiger partial charge on any atom is -0.134 e. The molecule has 274 valence electrons. The van der Waals surface area contributed by atoms with E-state index in [1.54, 1.807) is 0 Å². The van der Waals surface area contributed by atoms with Crippen LogP contribution in [-0.2, 0) is 0 Å². The van der Waals surface area contributed by atoms with Gasteiger partial charge in [-0.25, -0.2) is 0 Å². The Bertz CT molecular complexity index is 475. The Morgan fingerprint density at radius 3 is 1.48 bits per heavy atom. The maximum atomic E-state index is 3.00. The predicted molar refractivity (Wildman–Crippen MR) is 217 cm³/mol. The zero-order chi connectivity index (χ0) is 35.7. The standard InChI is InChI=1S/C15H30.C10H22.C9H19P.C3H8.3C2H6/c1-5-6-7-15-9-8-14(10-12(2)3)11-13(15)4;1-6-9(5)10(7-2)8(3)4;1-3-9(10)8-6-4-5-7(8)2;1-3-2;3*1-2/h12-15H,5-11H2,1-4H3;8-10H,6-7H2,1-5H3;7-9H,3-6,10H2,1-2H3;3H2,1-2H3;3*1-2H3. The summed E-state index contributed by atoms with van der Waals surface area (Å²) in [6, 6.07) is 0. The molecule has 1 heteroatoms. The van der Waals surface area contributed by atoms with Crippen molar-refractivity contribution >= 4 is 9.24 Å². The normalized spacial score (nSPS) is 24.0. The summed E-state index contributed by atoms with van der Waals surface area (Å²) in [5.74, 6) is 8.68. The molecule has 2 saturated carbocycles. The van der Waals surface area contributed by atoms with Crippen LogP contribution in [0.3, 0.4) is 0 Å². The Hall–Kier alpha value is 0.430. The fraction of sp³-hybridized carbons (Fsp3) is 1.00. The van der Waals surface area contributed by atoms with Crippen LogP contribution in [-0.4, -0.2) is 5.66 Å². The molecule has 0 aliphatic heterocycles. The second kappa shape index (κ2) is 39.6. The maximum Gasteiger partial charge on any atom is -0.0236 e. The average molecular weight is 645 g/mol. The summed E-state index contributed by atoms with van der Waals surface area (Å²) in [5, 5.41) is 0. The van der Waals surface area contributed by atoms with E-state index >= 15 is 0 Å². The Balaban J connectivity index is -0.000000156. The van der Waals surface area contributed by atoms with Crippen LogP contribution in [0, 0.1) is 53.3 Å². The third-order valence-corrected chi connectivity index (χ3v) is 10.8. The number of hydrogen-bond donors (Lipinski definition) is 0. The Morgan fingerprint density at radius 2 is 1.18 bits per heavy atom. The summed E-state index contributed by atoms with van der Waals surface area (Å²) in [6.07, 6.45) is 20.0. The van der Waals surface area contributed by atoms with Crippen LogP contribution in [0.2, 0.25) is 0 Å². The quantitative estimate of drug-likeness (QED) is 0.196. The van der Waals surface area contributed by atoms with Gasteiger partial charge in [0.05, 0.1) is 0 Å². The largest absolute Gasteiger partial charge is 0.134 e. The van der Waals surface area contributed by atoms with E-state index in [1.807, 2.05) is 41.5 Å². The first kappa shape index (κ1) is 53.9. The van der Waals surface area contributed by atoms with Crippen molar-refractivity contribution in [3.05, 3.63) is 0 Å². The summed E-state index contributed by atoms with van der Waals surface area (Å²) in [5.41, 5.74) is 0.887. The zero-order valence-corrected chi connectivity index (χ0v) is 36.4. The molecule has 0 aromatic heterocycles. The smallest absolute Gasteiger partial charge is 0.0236 e. The highest BCUT2D eigenvalue weighted by Gasteiger charge is 2.28. The number of unbranched alkanes of at least 4 members (excludes halogenated alkanes) is 1. The summed E-state index contributed by atoms with van der Waals surface area (Å²) < 4.78 is 0. The van der Waals surface area contributed by atoms with E-state index in [0.717, 1.165) is 58.9 Å². The van der Waals surface area contributed by atoms with E-state index in [2.05, 4.69) is 99.2 Å². The third-order valence-electron chi connectivity index (χ3n) is 9.84. The maximum absolute atomic E-state index is 3.00. The van der Waals surface area contributed by atoms with Gasteiger partial charge in [-0.1, -0.05) is 189 Å². The minimum atomic E-state index is 0.861. The first-order valence-corrected chi connectivity index (χ1v) is 21.3. The van der Waals surface area contributed by atoms with Gasteiger partial charge in [0.2, 0.25) is 0 Å². The lowest BCUT2D eigenvalue weighted by Crippen LogP contribution is -2.23. The molecular weight excluding hydrogens is 547 g/mol. The molecule has 0 nitrogen and oxygen atoms in total. The van der Waals surface area contributed by atoms with Gasteiger partial charge in [-0.15, -0.1) is 9.24 Å². The fourth-order valence-corrected chi connectivity index (χ4v) is 7.86. The fourth-order valence-electron chi connectivity index (χ4n) is 7.29. The van der Waals surface area contributed by atoms with Gasteiger partial charge < -0.3 is 0 Å². The van der Waals surface area contributed by atoms with E-state index < -0.39 is 0 Å². The van der Waals surface area contributed by atoms with Gasteiger partial charge in [-0.3, -0.25) is 0 Å². The van der Waals surface area contributed by atoms with Crippen LogP contribution in [0.5, 0.6) is 0 Å². The molecule has 2 rings (SSSR count). The van der Waals surface area contributed by atoms with E-state index in [9.17, 15) is 0 Å². The molecule has 0 aromatic carbocycles. The van der Waals surface area contributed by atoms with Crippen LogP contribution in [0.1, 0.15) is 221 Å². The lowest BCUT2D eigenvalue weighted by Gasteiger charge is -2.35. The van der Waals surface area contributed by atoms with Crippen molar-refractivity contribution in [2.24, 2.45) is 53.3 Å². The minimum absolute atomic E-state index is 0.861. The average Bonchev–Trinajstić information content (AvgIpc) is 3.46. The number of hydrogen-bond acceptors (Lipinski definition) is 0. The Labute approximate surface area is 288 Å². The highest BCUT2D eigenvalue weighted by atomic mass is 31.0. The van der Waals surface area contributed by atoms with Crippen LogP contribution < -0.4 is 0 Å². The summed E-state index contributed by atoms with van der Waals surface area (Å²) in [7, 11) is 3.00. The van der Waals surface area contributed by atoms with Crippen molar-refractivity contribution < 1.29 is 0 Å². The van der Waals surface area contributed by atoms with Gasteiger partial charge >= 0.3 is 0 Å². The van der Waals surface area contributed by atoms with Gasteiger partial charge in [0.25, 0.3) is 0 Å². The van der Waals surface area contributed by atoms with Crippen molar-refractivity contribution in [3.63, 3.8) is 0 Å². The lowest BCUT2D eigenvalue weighted by atomic mass is 9.71. The van der Waals surface area contributed by atoms with Gasteiger partial charge in [0.1, 0.15) is 0 Å². The molecular formula is C43H97P. The van der Waals surface area contributed by atoms with Gasteiger partial charge in [-0.05, 0) is 91.0 Å². The van der Waals surface area contributed by atoms with E-state index in [-0.39, 0.29) is 0 Å². The number of rotatable bonds is 11. The Kier molecular flexibility index (Phi) is 48.5. The van der Waals surface area contributed by atoms with E-state index in [1.165, 1.54) is 89.9 Å². The van der Waals surface area contributed by atoms with Crippen LogP contribution in [0.4, 0.5) is 0 Å². The second-order valence-electron chi connectivity index (χ2n) is 14.2. The molecule has 0 aromatic rings. The Morgan fingerprint density at radius 1 is 0.659 bits per heavy atom. The molecule has 2 aliphatic rings. The molecule has 9 unspecified atom stereocenters. The van der Waals surface area contributed by atoms with Gasteiger partial charge in [0, 0.05) is 0 Å². The molecule has 0 radical (unpaired) electrons. The SMILES string of the molecule is CC.CC.CC.CCC.CCC(C)C(CC)C(C)C.CCC(P)C1CCCC1C.CCCCC1CCC(CC(C)C)CC1C. The predicted octanol–water partition coefficient (Wildman–Crippen LogP) is 16.6. The van der Waals surface area contributed by atoms with E-state index in [0.29, 0.717) is 0 Å². The molecule has 0 bridgehead atoms. The van der Waals surface area contributed by atoms with Crippen molar-refractivity contribution in [1.82, 2.24) is 0 Å². The van der Waals surface area contributed by atoms with Crippen LogP contribution in [0.15, 0.2) is 0 Å². The molecule has 0 spiro atoms. The molecule has 0 N–H and O–H groups in total. The molecule has 0 amide bonds. The molecule has 2 aliphatic carbocycles. The van der Waals surface area contributed by atoms with Crippen LogP contribution >= 0.6 is 9.24 Å². The molecule has 9 atom stereocenters. The first-order valence-electron chi connectivity index (χ1n) is 20.7. The molecule has 2 fully saturated rings. The third kappa shape index (κ3) is 29.8. The van der Waals surface area contributed by atoms with Crippen molar-refractivity contribution in [3.8, 4) is 0 Å². The lowest BCUT2D eigenvalue weighted by molar-refractivity contribution is 0.165.